The van der Waals surface area contributed by atoms with Gasteiger partial charge < -0.3 is 0 Å². The van der Waals surface area contributed by atoms with E-state index in [-0.39, 0.29) is 5.41 Å². The van der Waals surface area contributed by atoms with E-state index in [2.05, 4.69) is 152 Å². The van der Waals surface area contributed by atoms with E-state index in [0.29, 0.717) is 0 Å². The van der Waals surface area contributed by atoms with E-state index in [4.69, 9.17) is 9.97 Å². The van der Waals surface area contributed by atoms with Crippen LogP contribution in [0.5, 0.6) is 0 Å². The lowest BCUT2D eigenvalue weighted by molar-refractivity contribution is 0.353. The molecule has 1 saturated carbocycles. The van der Waals surface area contributed by atoms with Crippen molar-refractivity contribution in [3.63, 3.8) is 0 Å². The highest BCUT2D eigenvalue weighted by Gasteiger charge is 2.43. The molecule has 7 aromatic rings. The fourth-order valence-electron chi connectivity index (χ4n) is 8.11. The van der Waals surface area contributed by atoms with E-state index < -0.39 is 0 Å². The van der Waals surface area contributed by atoms with Crippen LogP contribution < -0.4 is 0 Å². The number of benzene rings is 6. The van der Waals surface area contributed by atoms with Crippen LogP contribution in [0.4, 0.5) is 0 Å². The minimum Gasteiger partial charge on any atom is -0.228 e. The van der Waals surface area contributed by atoms with Gasteiger partial charge in [-0.3, -0.25) is 0 Å². The largest absolute Gasteiger partial charge is 0.228 e. The van der Waals surface area contributed by atoms with Crippen molar-refractivity contribution >= 4 is 0 Å². The van der Waals surface area contributed by atoms with Gasteiger partial charge in [0, 0.05) is 22.1 Å². The van der Waals surface area contributed by atoms with Gasteiger partial charge in [0.1, 0.15) is 0 Å². The van der Waals surface area contributed by atoms with E-state index in [1.54, 1.807) is 0 Å². The Morgan fingerprint density at radius 1 is 0.354 bits per heavy atom. The third-order valence-corrected chi connectivity index (χ3v) is 10.5. The monoisotopic (exact) mass is 616 g/mol. The molecule has 2 aliphatic rings. The van der Waals surface area contributed by atoms with Gasteiger partial charge in [0.25, 0.3) is 0 Å². The first-order chi connectivity index (χ1) is 23.7. The molecule has 0 aliphatic heterocycles. The summed E-state index contributed by atoms with van der Waals surface area (Å²) < 4.78 is 0. The van der Waals surface area contributed by atoms with Crippen molar-refractivity contribution in [3.8, 4) is 67.3 Å². The summed E-state index contributed by atoms with van der Waals surface area (Å²) in [5.74, 6) is 0.734. The van der Waals surface area contributed by atoms with Crippen molar-refractivity contribution in [1.82, 2.24) is 9.97 Å². The lowest BCUT2D eigenvalue weighted by Gasteiger charge is -2.36. The van der Waals surface area contributed by atoms with E-state index in [1.165, 1.54) is 76.6 Å². The van der Waals surface area contributed by atoms with Crippen LogP contribution in [0.2, 0.25) is 0 Å². The first-order valence-corrected chi connectivity index (χ1v) is 17.2. The molecule has 9 rings (SSSR count). The van der Waals surface area contributed by atoms with Crippen molar-refractivity contribution in [2.24, 2.45) is 0 Å². The summed E-state index contributed by atoms with van der Waals surface area (Å²) in [6.07, 6.45) is 6.38. The van der Waals surface area contributed by atoms with Crippen molar-refractivity contribution in [3.05, 3.63) is 169 Å². The highest BCUT2D eigenvalue weighted by Crippen LogP contribution is 2.56. The van der Waals surface area contributed by atoms with Gasteiger partial charge in [-0.2, -0.15) is 0 Å². The van der Waals surface area contributed by atoms with E-state index in [9.17, 15) is 0 Å². The molecule has 48 heavy (non-hydrogen) atoms. The maximum Gasteiger partial charge on any atom is 0.160 e. The zero-order valence-corrected chi connectivity index (χ0v) is 26.9. The summed E-state index contributed by atoms with van der Waals surface area (Å²) in [5, 5.41) is 0. The van der Waals surface area contributed by atoms with Gasteiger partial charge in [-0.25, -0.2) is 9.97 Å². The van der Waals surface area contributed by atoms with Crippen LogP contribution in [0.3, 0.4) is 0 Å². The SMILES string of the molecule is c1ccc(-c2ccc(-c3cc(-c4ccccc4)nc(-c4cccc(-c5ccc6c(c5)C5(CCCCC5)c5ccccc5-6)c4)n3)cc2)cc1. The van der Waals surface area contributed by atoms with Gasteiger partial charge in [0.05, 0.1) is 11.4 Å². The summed E-state index contributed by atoms with van der Waals surface area (Å²) in [6, 6.07) is 56.8. The van der Waals surface area contributed by atoms with Crippen LogP contribution in [-0.2, 0) is 5.41 Å². The van der Waals surface area contributed by atoms with Crippen LogP contribution in [-0.4, -0.2) is 9.97 Å². The number of nitrogens with zero attached hydrogens (tertiary/aromatic N) is 2. The molecule has 0 atom stereocenters. The third-order valence-electron chi connectivity index (χ3n) is 10.5. The van der Waals surface area contributed by atoms with Crippen molar-refractivity contribution in [1.29, 1.82) is 0 Å². The molecule has 2 heteroatoms. The Labute approximate surface area is 282 Å². The third kappa shape index (κ3) is 4.96. The van der Waals surface area contributed by atoms with Crippen LogP contribution in [0, 0.1) is 0 Å². The maximum absolute atomic E-state index is 5.18. The van der Waals surface area contributed by atoms with Gasteiger partial charge in [-0.1, -0.05) is 159 Å². The second-order valence-corrected chi connectivity index (χ2v) is 13.3. The highest BCUT2D eigenvalue weighted by molar-refractivity contribution is 5.85. The Bertz CT molecular complexity index is 2250. The minimum atomic E-state index is 0.135. The quantitative estimate of drug-likeness (QED) is 0.192. The average molecular weight is 617 g/mol. The molecule has 1 heterocycles. The van der Waals surface area contributed by atoms with Gasteiger partial charge in [-0.15, -0.1) is 0 Å². The number of rotatable bonds is 5. The number of aromatic nitrogens is 2. The Balaban J connectivity index is 1.13. The minimum absolute atomic E-state index is 0.135. The molecule has 230 valence electrons. The van der Waals surface area contributed by atoms with Crippen LogP contribution >= 0.6 is 0 Å². The number of hydrogen-bond donors (Lipinski definition) is 0. The molecule has 0 amide bonds. The topological polar surface area (TPSA) is 25.8 Å². The molecule has 2 aliphatic carbocycles. The lowest BCUT2D eigenvalue weighted by Crippen LogP contribution is -2.28. The van der Waals surface area contributed by atoms with Crippen LogP contribution in [0.15, 0.2) is 158 Å². The first kappa shape index (κ1) is 28.6. The maximum atomic E-state index is 5.18. The van der Waals surface area contributed by atoms with E-state index in [0.717, 1.165) is 33.9 Å². The summed E-state index contributed by atoms with van der Waals surface area (Å²) in [4.78, 5) is 10.3. The van der Waals surface area contributed by atoms with E-state index in [1.807, 2.05) is 6.07 Å². The summed E-state index contributed by atoms with van der Waals surface area (Å²) in [5.41, 5.74) is 15.9. The number of fused-ring (bicyclic) bond motifs is 5. The smallest absolute Gasteiger partial charge is 0.160 e. The fourth-order valence-corrected chi connectivity index (χ4v) is 8.11. The molecule has 1 fully saturated rings. The lowest BCUT2D eigenvalue weighted by atomic mass is 9.67. The van der Waals surface area contributed by atoms with E-state index >= 15 is 0 Å². The second-order valence-electron chi connectivity index (χ2n) is 13.3. The normalized spacial score (nSPS) is 14.4. The Morgan fingerprint density at radius 2 is 0.875 bits per heavy atom. The molecule has 2 nitrogen and oxygen atoms in total. The average Bonchev–Trinajstić information content (AvgIpc) is 3.43. The Kier molecular flexibility index (Phi) is 7.08. The molecule has 0 saturated heterocycles. The molecule has 0 bridgehead atoms. The Morgan fingerprint density at radius 3 is 1.62 bits per heavy atom. The highest BCUT2D eigenvalue weighted by atomic mass is 14.9. The number of hydrogen-bond acceptors (Lipinski definition) is 2. The zero-order valence-electron chi connectivity index (χ0n) is 26.9. The van der Waals surface area contributed by atoms with Gasteiger partial charge in [0.15, 0.2) is 5.82 Å². The Hall–Kier alpha value is -5.60. The first-order valence-electron chi connectivity index (χ1n) is 17.2. The standard InChI is InChI=1S/C46H36N2/c1-4-13-32(14-5-1)33-21-23-35(24-22-33)44-31-43(34-15-6-2-7-16-34)47-45(48-44)38-18-12-17-36(29-38)37-25-26-40-39-19-8-9-20-41(39)46(42(40)30-37)27-10-3-11-28-46/h1-2,4-9,12-26,29-31H,3,10-11,27-28H2. The van der Waals surface area contributed by atoms with Gasteiger partial charge >= 0.3 is 0 Å². The van der Waals surface area contributed by atoms with Gasteiger partial charge in [0.2, 0.25) is 0 Å². The van der Waals surface area contributed by atoms with Crippen LogP contribution in [0.1, 0.15) is 43.2 Å². The molecule has 6 aromatic carbocycles. The van der Waals surface area contributed by atoms with Crippen molar-refractivity contribution in [2.45, 2.75) is 37.5 Å². The van der Waals surface area contributed by atoms with Gasteiger partial charge in [-0.05, 0) is 75.5 Å². The molecular weight excluding hydrogens is 581 g/mol. The zero-order chi connectivity index (χ0) is 31.9. The van der Waals surface area contributed by atoms with Crippen LogP contribution in [0.25, 0.3) is 67.3 Å². The van der Waals surface area contributed by atoms with Crippen molar-refractivity contribution < 1.29 is 0 Å². The molecule has 0 unspecified atom stereocenters. The summed E-state index contributed by atoms with van der Waals surface area (Å²) in [7, 11) is 0. The predicted molar refractivity (Wildman–Crippen MR) is 199 cm³/mol. The summed E-state index contributed by atoms with van der Waals surface area (Å²) in [6.45, 7) is 0. The molecular formula is C46H36N2. The second kappa shape index (κ2) is 11.9. The molecule has 0 radical (unpaired) electrons. The molecule has 1 aromatic heterocycles. The summed E-state index contributed by atoms with van der Waals surface area (Å²) >= 11 is 0. The van der Waals surface area contributed by atoms with Crippen molar-refractivity contribution in [2.75, 3.05) is 0 Å². The molecule has 1 spiro atoms. The molecule has 0 N–H and O–H groups in total. The fraction of sp³-hybridized carbons (Fsp3) is 0.130. The predicted octanol–water partition coefficient (Wildman–Crippen LogP) is 12.0.